The molecule has 0 saturated carbocycles. The SMILES string of the molecule is CCC(C)N1Cc2c(nc(N3CCN(C(C)=O)CC3)nc2N(C)c2cc3ccccc3cn2)C1=O. The Labute approximate surface area is 205 Å². The molecule has 2 amide bonds. The molecule has 1 fully saturated rings. The molecule has 1 saturated heterocycles. The van der Waals surface area contributed by atoms with Crippen LogP contribution in [0.4, 0.5) is 17.6 Å². The predicted octanol–water partition coefficient (Wildman–Crippen LogP) is 3.22. The molecule has 0 aliphatic carbocycles. The van der Waals surface area contributed by atoms with Crippen LogP contribution < -0.4 is 9.80 Å². The molecule has 1 unspecified atom stereocenters. The summed E-state index contributed by atoms with van der Waals surface area (Å²) in [5.41, 5.74) is 1.30. The number of aromatic nitrogens is 3. The van der Waals surface area contributed by atoms with Crippen molar-refractivity contribution in [2.24, 2.45) is 0 Å². The monoisotopic (exact) mass is 473 g/mol. The fraction of sp³-hybridized carbons (Fsp3) is 0.423. The first kappa shape index (κ1) is 23.0. The van der Waals surface area contributed by atoms with Crippen LogP contribution in [0.25, 0.3) is 10.8 Å². The molecule has 2 aliphatic heterocycles. The number of anilines is 3. The summed E-state index contributed by atoms with van der Waals surface area (Å²) in [7, 11) is 1.94. The normalized spacial score (nSPS) is 16.6. The minimum Gasteiger partial charge on any atom is -0.339 e. The molecule has 1 aromatic carbocycles. The average molecular weight is 474 g/mol. The Balaban J connectivity index is 1.56. The van der Waals surface area contributed by atoms with Crippen molar-refractivity contribution in [3.05, 3.63) is 47.8 Å². The third-order valence-corrected chi connectivity index (χ3v) is 7.17. The van der Waals surface area contributed by atoms with Crippen LogP contribution in [0.15, 0.2) is 36.5 Å². The van der Waals surface area contributed by atoms with Gasteiger partial charge in [0.05, 0.1) is 6.54 Å². The highest BCUT2D eigenvalue weighted by Crippen LogP contribution is 2.35. The molecule has 3 aromatic rings. The minimum atomic E-state index is -0.0542. The molecule has 5 rings (SSSR count). The van der Waals surface area contributed by atoms with E-state index in [0.717, 1.165) is 28.6 Å². The number of carbonyl (C=O) groups excluding carboxylic acids is 2. The Bertz CT molecular complexity index is 1290. The number of fused-ring (bicyclic) bond motifs is 2. The van der Waals surface area contributed by atoms with Crippen LogP contribution >= 0.6 is 0 Å². The van der Waals surface area contributed by atoms with E-state index in [0.29, 0.717) is 50.2 Å². The highest BCUT2D eigenvalue weighted by molar-refractivity contribution is 5.99. The van der Waals surface area contributed by atoms with Crippen molar-refractivity contribution in [3.8, 4) is 0 Å². The maximum absolute atomic E-state index is 13.4. The molecule has 0 radical (unpaired) electrons. The van der Waals surface area contributed by atoms with Crippen LogP contribution in [0.1, 0.15) is 43.2 Å². The zero-order chi connectivity index (χ0) is 24.7. The van der Waals surface area contributed by atoms with E-state index < -0.39 is 0 Å². The van der Waals surface area contributed by atoms with Crippen molar-refractivity contribution in [2.45, 2.75) is 39.8 Å². The smallest absolute Gasteiger partial charge is 0.273 e. The predicted molar refractivity (Wildman–Crippen MR) is 136 cm³/mol. The summed E-state index contributed by atoms with van der Waals surface area (Å²) in [4.78, 5) is 47.3. The van der Waals surface area contributed by atoms with Gasteiger partial charge in [0.1, 0.15) is 17.3 Å². The van der Waals surface area contributed by atoms with Crippen LogP contribution in [0, 0.1) is 0 Å². The molecular formula is C26H31N7O2. The molecule has 9 heteroatoms. The number of amides is 2. The van der Waals surface area contributed by atoms with Gasteiger partial charge in [-0.25, -0.2) is 9.97 Å². The van der Waals surface area contributed by atoms with Crippen molar-refractivity contribution >= 4 is 40.2 Å². The maximum atomic E-state index is 13.4. The van der Waals surface area contributed by atoms with Crippen molar-refractivity contribution in [1.29, 1.82) is 0 Å². The number of benzene rings is 1. The first-order chi connectivity index (χ1) is 16.9. The van der Waals surface area contributed by atoms with Gasteiger partial charge in [0.2, 0.25) is 11.9 Å². The van der Waals surface area contributed by atoms with Gasteiger partial charge in [-0.15, -0.1) is 0 Å². The minimum absolute atomic E-state index is 0.0542. The molecule has 2 aliphatic rings. The van der Waals surface area contributed by atoms with Gasteiger partial charge in [0.15, 0.2) is 0 Å². The number of nitrogens with zero attached hydrogens (tertiary/aromatic N) is 7. The fourth-order valence-electron chi connectivity index (χ4n) is 4.74. The lowest BCUT2D eigenvalue weighted by Gasteiger charge is -2.34. The molecule has 4 heterocycles. The van der Waals surface area contributed by atoms with Crippen molar-refractivity contribution in [2.75, 3.05) is 43.0 Å². The average Bonchev–Trinajstić information content (AvgIpc) is 3.23. The second kappa shape index (κ2) is 9.13. The molecular weight excluding hydrogens is 442 g/mol. The standard InChI is InChI=1S/C26H31N7O2/c1-5-17(2)33-16-21-23(25(33)35)28-26(32-12-10-31(11-13-32)18(3)34)29-24(21)30(4)22-14-19-8-6-7-9-20(19)15-27-22/h6-9,14-15,17H,5,10-13,16H2,1-4H3. The largest absolute Gasteiger partial charge is 0.339 e. The topological polar surface area (TPSA) is 85.8 Å². The number of carbonyl (C=O) groups is 2. The van der Waals surface area contributed by atoms with E-state index in [1.807, 2.05) is 52.2 Å². The first-order valence-corrected chi connectivity index (χ1v) is 12.2. The number of hydrogen-bond donors (Lipinski definition) is 0. The Hall–Kier alpha value is -3.75. The summed E-state index contributed by atoms with van der Waals surface area (Å²) < 4.78 is 0. The maximum Gasteiger partial charge on any atom is 0.273 e. The zero-order valence-corrected chi connectivity index (χ0v) is 20.7. The van der Waals surface area contributed by atoms with E-state index in [1.165, 1.54) is 0 Å². The number of pyridine rings is 1. The summed E-state index contributed by atoms with van der Waals surface area (Å²) in [6.07, 6.45) is 2.73. The zero-order valence-electron chi connectivity index (χ0n) is 20.7. The van der Waals surface area contributed by atoms with Gasteiger partial charge >= 0.3 is 0 Å². The van der Waals surface area contributed by atoms with Crippen LogP contribution in [-0.2, 0) is 11.3 Å². The van der Waals surface area contributed by atoms with Gasteiger partial charge in [-0.1, -0.05) is 31.2 Å². The lowest BCUT2D eigenvalue weighted by molar-refractivity contribution is -0.129. The Morgan fingerprint density at radius 1 is 1.11 bits per heavy atom. The molecule has 2 aromatic heterocycles. The summed E-state index contributed by atoms with van der Waals surface area (Å²) in [6.45, 7) is 8.69. The molecule has 0 bridgehead atoms. The van der Waals surface area contributed by atoms with Gasteiger partial charge in [-0.05, 0) is 24.8 Å². The highest BCUT2D eigenvalue weighted by Gasteiger charge is 2.37. The molecule has 0 N–H and O–H groups in total. The van der Waals surface area contributed by atoms with E-state index in [1.54, 1.807) is 6.92 Å². The summed E-state index contributed by atoms with van der Waals surface area (Å²) in [5.74, 6) is 1.99. The number of rotatable bonds is 5. The second-order valence-electron chi connectivity index (χ2n) is 9.31. The van der Waals surface area contributed by atoms with E-state index >= 15 is 0 Å². The summed E-state index contributed by atoms with van der Waals surface area (Å²) in [6, 6.07) is 10.3. The van der Waals surface area contributed by atoms with Crippen LogP contribution in [-0.4, -0.2) is 75.8 Å². The van der Waals surface area contributed by atoms with Crippen molar-refractivity contribution < 1.29 is 9.59 Å². The van der Waals surface area contributed by atoms with Gasteiger partial charge in [0.25, 0.3) is 5.91 Å². The van der Waals surface area contributed by atoms with Gasteiger partial charge in [-0.2, -0.15) is 4.98 Å². The third-order valence-electron chi connectivity index (χ3n) is 7.17. The Kier molecular flexibility index (Phi) is 6.00. The lowest BCUT2D eigenvalue weighted by atomic mass is 10.1. The van der Waals surface area contributed by atoms with Gasteiger partial charge in [0, 0.05) is 63.3 Å². The van der Waals surface area contributed by atoms with E-state index in [9.17, 15) is 9.59 Å². The quantitative estimate of drug-likeness (QED) is 0.562. The third kappa shape index (κ3) is 4.15. The van der Waals surface area contributed by atoms with Crippen molar-refractivity contribution in [3.63, 3.8) is 0 Å². The van der Waals surface area contributed by atoms with E-state index in [2.05, 4.69) is 29.8 Å². The van der Waals surface area contributed by atoms with Crippen LogP contribution in [0.3, 0.4) is 0 Å². The van der Waals surface area contributed by atoms with Gasteiger partial charge in [-0.3, -0.25) is 9.59 Å². The number of piperazine rings is 1. The fourth-order valence-corrected chi connectivity index (χ4v) is 4.74. The first-order valence-electron chi connectivity index (χ1n) is 12.2. The molecule has 1 atom stereocenters. The molecule has 9 nitrogen and oxygen atoms in total. The molecule has 0 spiro atoms. The highest BCUT2D eigenvalue weighted by atomic mass is 16.2. The van der Waals surface area contributed by atoms with Crippen molar-refractivity contribution in [1.82, 2.24) is 24.8 Å². The second-order valence-corrected chi connectivity index (χ2v) is 9.31. The van der Waals surface area contributed by atoms with Crippen LogP contribution in [0.2, 0.25) is 0 Å². The lowest BCUT2D eigenvalue weighted by Crippen LogP contribution is -2.48. The molecule has 182 valence electrons. The summed E-state index contributed by atoms with van der Waals surface area (Å²) >= 11 is 0. The summed E-state index contributed by atoms with van der Waals surface area (Å²) in [5, 5.41) is 2.16. The van der Waals surface area contributed by atoms with E-state index in [4.69, 9.17) is 9.97 Å². The number of hydrogen-bond acceptors (Lipinski definition) is 7. The van der Waals surface area contributed by atoms with Crippen LogP contribution in [0.5, 0.6) is 0 Å². The van der Waals surface area contributed by atoms with Gasteiger partial charge < -0.3 is 19.6 Å². The Morgan fingerprint density at radius 3 is 2.51 bits per heavy atom. The molecule has 35 heavy (non-hydrogen) atoms. The van der Waals surface area contributed by atoms with E-state index in [-0.39, 0.29) is 17.9 Å². The Morgan fingerprint density at radius 2 is 1.83 bits per heavy atom.